The highest BCUT2D eigenvalue weighted by atomic mass is 35.5. The first-order valence-corrected chi connectivity index (χ1v) is 8.76. The van der Waals surface area contributed by atoms with Crippen molar-refractivity contribution in [2.24, 2.45) is 5.41 Å². The molecule has 1 N–H and O–H groups in total. The summed E-state index contributed by atoms with van der Waals surface area (Å²) in [5.74, 6) is 0.196. The van der Waals surface area contributed by atoms with Gasteiger partial charge in [-0.3, -0.25) is 4.79 Å². The van der Waals surface area contributed by atoms with Gasteiger partial charge in [0.1, 0.15) is 0 Å². The molecule has 0 atom stereocenters. The SMILES string of the molecule is O=C(Cc1ccc(Cl)c(Cl)c1)N1CCC2(CCNCC2)CC1. The number of likely N-dealkylation sites (tertiary alicyclic amines) is 1. The molecule has 22 heavy (non-hydrogen) atoms. The molecule has 120 valence electrons. The van der Waals surface area contributed by atoms with E-state index in [9.17, 15) is 4.79 Å². The molecule has 1 spiro atoms. The van der Waals surface area contributed by atoms with E-state index in [2.05, 4.69) is 5.32 Å². The van der Waals surface area contributed by atoms with Crippen molar-refractivity contribution >= 4 is 29.1 Å². The van der Waals surface area contributed by atoms with Crippen molar-refractivity contribution in [1.29, 1.82) is 0 Å². The molecule has 3 nitrogen and oxygen atoms in total. The number of amides is 1. The highest BCUT2D eigenvalue weighted by molar-refractivity contribution is 6.42. The summed E-state index contributed by atoms with van der Waals surface area (Å²) in [5, 5.41) is 4.47. The predicted molar refractivity (Wildman–Crippen MR) is 90.5 cm³/mol. The normalized spacial score (nSPS) is 21.1. The summed E-state index contributed by atoms with van der Waals surface area (Å²) in [6.45, 7) is 4.02. The largest absolute Gasteiger partial charge is 0.342 e. The standard InChI is InChI=1S/C17H22Cl2N2O/c18-14-2-1-13(11-15(14)19)12-16(22)21-9-5-17(6-10-21)3-7-20-8-4-17/h1-2,11,20H,3-10,12H2. The van der Waals surface area contributed by atoms with Gasteiger partial charge in [-0.1, -0.05) is 29.3 Å². The van der Waals surface area contributed by atoms with Gasteiger partial charge in [0.05, 0.1) is 16.5 Å². The maximum atomic E-state index is 12.5. The van der Waals surface area contributed by atoms with E-state index >= 15 is 0 Å². The summed E-state index contributed by atoms with van der Waals surface area (Å²) in [4.78, 5) is 14.5. The van der Waals surface area contributed by atoms with Gasteiger partial charge in [0.2, 0.25) is 5.91 Å². The number of nitrogens with one attached hydrogen (secondary N) is 1. The van der Waals surface area contributed by atoms with Crippen LogP contribution in [0.1, 0.15) is 31.2 Å². The van der Waals surface area contributed by atoms with Crippen molar-refractivity contribution in [3.8, 4) is 0 Å². The highest BCUT2D eigenvalue weighted by Crippen LogP contribution is 2.39. The lowest BCUT2D eigenvalue weighted by atomic mass is 9.71. The molecular weight excluding hydrogens is 319 g/mol. The smallest absolute Gasteiger partial charge is 0.226 e. The summed E-state index contributed by atoms with van der Waals surface area (Å²) >= 11 is 11.9. The Labute approximate surface area is 142 Å². The molecule has 1 aromatic carbocycles. The molecule has 0 saturated carbocycles. The minimum absolute atomic E-state index is 0.196. The van der Waals surface area contributed by atoms with Crippen LogP contribution in [0.15, 0.2) is 18.2 Å². The van der Waals surface area contributed by atoms with Gasteiger partial charge in [0.25, 0.3) is 0 Å². The summed E-state index contributed by atoms with van der Waals surface area (Å²) < 4.78 is 0. The first-order chi connectivity index (χ1) is 10.6. The Hall–Kier alpha value is -0.770. The summed E-state index contributed by atoms with van der Waals surface area (Å²) in [6, 6.07) is 5.43. The fourth-order valence-electron chi connectivity index (χ4n) is 3.62. The molecular formula is C17H22Cl2N2O. The molecule has 5 heteroatoms. The van der Waals surface area contributed by atoms with Gasteiger partial charge in [-0.25, -0.2) is 0 Å². The second-order valence-corrected chi connectivity index (χ2v) is 7.37. The van der Waals surface area contributed by atoms with Crippen molar-refractivity contribution in [3.63, 3.8) is 0 Å². The molecule has 0 aliphatic carbocycles. The van der Waals surface area contributed by atoms with Gasteiger partial charge in [0.15, 0.2) is 0 Å². The van der Waals surface area contributed by atoms with Crippen LogP contribution >= 0.6 is 23.2 Å². The molecule has 0 bridgehead atoms. The van der Waals surface area contributed by atoms with Gasteiger partial charge in [0, 0.05) is 13.1 Å². The van der Waals surface area contributed by atoms with Crippen LogP contribution in [0.4, 0.5) is 0 Å². The molecule has 0 radical (unpaired) electrons. The number of hydrogen-bond donors (Lipinski definition) is 1. The minimum atomic E-state index is 0.196. The summed E-state index contributed by atoms with van der Waals surface area (Å²) in [6.07, 6.45) is 5.19. The van der Waals surface area contributed by atoms with Gasteiger partial charge in [-0.2, -0.15) is 0 Å². The van der Waals surface area contributed by atoms with E-state index in [0.29, 0.717) is 21.9 Å². The number of piperidine rings is 2. The van der Waals surface area contributed by atoms with E-state index in [1.807, 2.05) is 11.0 Å². The molecule has 2 saturated heterocycles. The highest BCUT2D eigenvalue weighted by Gasteiger charge is 2.36. The molecule has 2 heterocycles. The minimum Gasteiger partial charge on any atom is -0.342 e. The van der Waals surface area contributed by atoms with E-state index < -0.39 is 0 Å². The average Bonchev–Trinajstić information content (AvgIpc) is 2.52. The van der Waals surface area contributed by atoms with Crippen molar-refractivity contribution < 1.29 is 4.79 Å². The Balaban J connectivity index is 1.56. The zero-order valence-electron chi connectivity index (χ0n) is 12.7. The zero-order valence-corrected chi connectivity index (χ0v) is 14.2. The third-order valence-corrected chi connectivity index (χ3v) is 5.92. The van der Waals surface area contributed by atoms with Gasteiger partial charge < -0.3 is 10.2 Å². The zero-order chi connectivity index (χ0) is 15.6. The second kappa shape index (κ2) is 6.77. The lowest BCUT2D eigenvalue weighted by Crippen LogP contribution is -2.47. The fraction of sp³-hybridized carbons (Fsp3) is 0.588. The number of hydrogen-bond acceptors (Lipinski definition) is 2. The lowest BCUT2D eigenvalue weighted by molar-refractivity contribution is -0.133. The van der Waals surface area contributed by atoms with Crippen molar-refractivity contribution in [2.75, 3.05) is 26.2 Å². The van der Waals surface area contributed by atoms with E-state index in [4.69, 9.17) is 23.2 Å². The first-order valence-electron chi connectivity index (χ1n) is 8.00. The van der Waals surface area contributed by atoms with E-state index in [0.717, 1.165) is 44.6 Å². The molecule has 1 amide bonds. The molecule has 2 fully saturated rings. The fourth-order valence-corrected chi connectivity index (χ4v) is 3.94. The Morgan fingerprint density at radius 2 is 1.77 bits per heavy atom. The van der Waals surface area contributed by atoms with Gasteiger partial charge in [-0.15, -0.1) is 0 Å². The number of nitrogens with zero attached hydrogens (tertiary/aromatic N) is 1. The maximum Gasteiger partial charge on any atom is 0.226 e. The quantitative estimate of drug-likeness (QED) is 0.893. The Morgan fingerprint density at radius 3 is 2.41 bits per heavy atom. The molecule has 2 aliphatic heterocycles. The monoisotopic (exact) mass is 340 g/mol. The van der Waals surface area contributed by atoms with Crippen molar-refractivity contribution in [3.05, 3.63) is 33.8 Å². The van der Waals surface area contributed by atoms with Crippen LogP contribution in [0.3, 0.4) is 0 Å². The maximum absolute atomic E-state index is 12.5. The van der Waals surface area contributed by atoms with Gasteiger partial charge >= 0.3 is 0 Å². The number of benzene rings is 1. The predicted octanol–water partition coefficient (Wildman–Crippen LogP) is 3.53. The topological polar surface area (TPSA) is 32.3 Å². The third-order valence-electron chi connectivity index (χ3n) is 5.18. The molecule has 1 aromatic rings. The molecule has 3 rings (SSSR count). The first kappa shape index (κ1) is 16.1. The molecule has 2 aliphatic rings. The van der Waals surface area contributed by atoms with Crippen LogP contribution in [0.2, 0.25) is 10.0 Å². The molecule has 0 aromatic heterocycles. The second-order valence-electron chi connectivity index (χ2n) is 6.56. The Kier molecular flexibility index (Phi) is 4.96. The Bertz CT molecular complexity index is 546. The van der Waals surface area contributed by atoms with E-state index in [1.165, 1.54) is 12.8 Å². The lowest BCUT2D eigenvalue weighted by Gasteiger charge is -2.44. The van der Waals surface area contributed by atoms with Crippen LogP contribution < -0.4 is 5.32 Å². The van der Waals surface area contributed by atoms with Crippen LogP contribution in [-0.4, -0.2) is 37.0 Å². The number of rotatable bonds is 2. The van der Waals surface area contributed by atoms with Crippen LogP contribution in [0.25, 0.3) is 0 Å². The van der Waals surface area contributed by atoms with Gasteiger partial charge in [-0.05, 0) is 61.9 Å². The number of halogens is 2. The molecule has 0 unspecified atom stereocenters. The van der Waals surface area contributed by atoms with E-state index in [1.54, 1.807) is 12.1 Å². The van der Waals surface area contributed by atoms with Crippen LogP contribution in [0.5, 0.6) is 0 Å². The van der Waals surface area contributed by atoms with Crippen molar-refractivity contribution in [1.82, 2.24) is 10.2 Å². The van der Waals surface area contributed by atoms with Crippen LogP contribution in [-0.2, 0) is 11.2 Å². The average molecular weight is 341 g/mol. The van der Waals surface area contributed by atoms with Crippen LogP contribution in [0, 0.1) is 5.41 Å². The summed E-state index contributed by atoms with van der Waals surface area (Å²) in [5.41, 5.74) is 1.41. The Morgan fingerprint density at radius 1 is 1.09 bits per heavy atom. The summed E-state index contributed by atoms with van der Waals surface area (Å²) in [7, 11) is 0. The third kappa shape index (κ3) is 3.58. The number of carbonyl (C=O) groups excluding carboxylic acids is 1. The number of carbonyl (C=O) groups is 1. The van der Waals surface area contributed by atoms with Crippen molar-refractivity contribution in [2.45, 2.75) is 32.1 Å². The van der Waals surface area contributed by atoms with E-state index in [-0.39, 0.29) is 5.91 Å².